The molecule has 0 aliphatic carbocycles. The molecule has 0 aromatic heterocycles. The molecule has 0 saturated carbocycles. The van der Waals surface area contributed by atoms with E-state index >= 15 is 0 Å². The first-order valence-corrected chi connectivity index (χ1v) is 7.99. The van der Waals surface area contributed by atoms with Crippen LogP contribution in [0.1, 0.15) is 17.5 Å². The molecule has 2 amide bonds. The van der Waals surface area contributed by atoms with Crippen LogP contribution in [-0.2, 0) is 16.0 Å². The highest BCUT2D eigenvalue weighted by Crippen LogP contribution is 2.16. The normalized spacial score (nSPS) is 10.6. The maximum absolute atomic E-state index is 11.9. The number of carbonyl (C=O) groups excluding carboxylic acids is 2. The van der Waals surface area contributed by atoms with Gasteiger partial charge in [-0.2, -0.15) is 0 Å². The molecule has 0 bridgehead atoms. The topological polar surface area (TPSA) is 58.2 Å². The van der Waals surface area contributed by atoms with Gasteiger partial charge in [-0.15, -0.1) is 0 Å². The molecule has 124 valence electrons. The van der Waals surface area contributed by atoms with Gasteiger partial charge in [0, 0.05) is 30.3 Å². The minimum Gasteiger partial charge on any atom is -0.359 e. The summed E-state index contributed by atoms with van der Waals surface area (Å²) in [6.45, 7) is 0. The number of benzene rings is 2. The van der Waals surface area contributed by atoms with Gasteiger partial charge in [-0.1, -0.05) is 41.9 Å². The Labute approximate surface area is 146 Å². The first-order valence-electron chi connectivity index (χ1n) is 7.61. The Hall–Kier alpha value is -2.59. The fraction of sp³-hybridized carbons (Fsp3) is 0.158. The summed E-state index contributed by atoms with van der Waals surface area (Å²) in [5.41, 5.74) is 2.54. The lowest BCUT2D eigenvalue weighted by Crippen LogP contribution is -2.17. The van der Waals surface area contributed by atoms with E-state index in [2.05, 4.69) is 10.6 Å². The van der Waals surface area contributed by atoms with Crippen LogP contribution >= 0.6 is 11.6 Å². The maximum Gasteiger partial charge on any atom is 0.248 e. The van der Waals surface area contributed by atoms with Gasteiger partial charge in [0.05, 0.1) is 0 Å². The van der Waals surface area contributed by atoms with Crippen LogP contribution in [0.2, 0.25) is 5.02 Å². The lowest BCUT2D eigenvalue weighted by atomic mass is 10.1. The Morgan fingerprint density at radius 1 is 1.08 bits per heavy atom. The fourth-order valence-electron chi connectivity index (χ4n) is 2.10. The van der Waals surface area contributed by atoms with Gasteiger partial charge >= 0.3 is 0 Å². The van der Waals surface area contributed by atoms with E-state index in [1.54, 1.807) is 19.2 Å². The number of carbonyl (C=O) groups is 2. The Morgan fingerprint density at radius 2 is 1.79 bits per heavy atom. The van der Waals surface area contributed by atoms with Gasteiger partial charge in [0.15, 0.2) is 0 Å². The highest BCUT2D eigenvalue weighted by molar-refractivity contribution is 6.32. The molecule has 0 saturated heterocycles. The highest BCUT2D eigenvalue weighted by atomic mass is 35.5. The summed E-state index contributed by atoms with van der Waals surface area (Å²) in [5.74, 6) is -0.217. The zero-order chi connectivity index (χ0) is 17.4. The van der Waals surface area contributed by atoms with Crippen LogP contribution < -0.4 is 10.6 Å². The van der Waals surface area contributed by atoms with Crippen molar-refractivity contribution in [2.75, 3.05) is 12.4 Å². The average Bonchev–Trinajstić information content (AvgIpc) is 2.60. The molecule has 0 radical (unpaired) electrons. The number of hydrogen-bond donors (Lipinski definition) is 2. The van der Waals surface area contributed by atoms with E-state index in [0.717, 1.165) is 11.1 Å². The number of rotatable bonds is 6. The third-order valence-corrected chi connectivity index (χ3v) is 3.80. The van der Waals surface area contributed by atoms with Gasteiger partial charge < -0.3 is 10.6 Å². The van der Waals surface area contributed by atoms with Gasteiger partial charge in [-0.3, -0.25) is 9.59 Å². The Kier molecular flexibility index (Phi) is 6.58. The standard InChI is InChI=1S/C19H19ClN2O2/c1-21-18(23)12-8-14-6-10-16(11-7-14)22-19(24)13-9-15-4-2-3-5-17(15)20/h2-7,9-11,13H,8,12H2,1H3,(H,21,23)(H,22,24)/b13-9+. The minimum atomic E-state index is -0.229. The molecule has 24 heavy (non-hydrogen) atoms. The second-order valence-corrected chi connectivity index (χ2v) is 5.62. The molecule has 0 unspecified atom stereocenters. The summed E-state index contributed by atoms with van der Waals surface area (Å²) in [7, 11) is 1.62. The summed E-state index contributed by atoms with van der Waals surface area (Å²) in [6.07, 6.45) is 4.24. The summed E-state index contributed by atoms with van der Waals surface area (Å²) in [6, 6.07) is 14.8. The summed E-state index contributed by atoms with van der Waals surface area (Å²) < 4.78 is 0. The Bertz CT molecular complexity index is 739. The number of aryl methyl sites for hydroxylation is 1. The van der Waals surface area contributed by atoms with Crippen molar-refractivity contribution in [1.82, 2.24) is 5.32 Å². The van der Waals surface area contributed by atoms with Crippen LogP contribution in [0.25, 0.3) is 6.08 Å². The molecule has 0 heterocycles. The molecule has 4 nitrogen and oxygen atoms in total. The van der Waals surface area contributed by atoms with Gasteiger partial charge in [-0.25, -0.2) is 0 Å². The van der Waals surface area contributed by atoms with Crippen molar-refractivity contribution < 1.29 is 9.59 Å². The van der Waals surface area contributed by atoms with Gasteiger partial charge in [0.1, 0.15) is 0 Å². The van der Waals surface area contributed by atoms with Crippen molar-refractivity contribution in [2.45, 2.75) is 12.8 Å². The maximum atomic E-state index is 11.9. The van der Waals surface area contributed by atoms with Crippen molar-refractivity contribution in [1.29, 1.82) is 0 Å². The SMILES string of the molecule is CNC(=O)CCc1ccc(NC(=O)/C=C/c2ccccc2Cl)cc1. The lowest BCUT2D eigenvalue weighted by Gasteiger charge is -2.05. The van der Waals surface area contributed by atoms with Crippen molar-refractivity contribution >= 4 is 35.2 Å². The fourth-order valence-corrected chi connectivity index (χ4v) is 2.30. The van der Waals surface area contributed by atoms with Gasteiger partial charge in [0.2, 0.25) is 11.8 Å². The van der Waals surface area contributed by atoms with E-state index in [9.17, 15) is 9.59 Å². The molecule has 2 aromatic carbocycles. The van der Waals surface area contributed by atoms with E-state index in [4.69, 9.17) is 11.6 Å². The van der Waals surface area contributed by atoms with Crippen molar-refractivity contribution in [2.24, 2.45) is 0 Å². The molecule has 0 spiro atoms. The second-order valence-electron chi connectivity index (χ2n) is 5.21. The van der Waals surface area contributed by atoms with Gasteiger partial charge in [-0.05, 0) is 41.8 Å². The number of halogens is 1. The van der Waals surface area contributed by atoms with E-state index < -0.39 is 0 Å². The molecule has 0 atom stereocenters. The molecule has 2 aromatic rings. The Balaban J connectivity index is 1.90. The minimum absolute atomic E-state index is 0.0112. The molecule has 0 aliphatic rings. The summed E-state index contributed by atoms with van der Waals surface area (Å²) >= 11 is 6.04. The zero-order valence-corrected chi connectivity index (χ0v) is 14.1. The van der Waals surface area contributed by atoms with E-state index in [0.29, 0.717) is 23.6 Å². The molecule has 2 N–H and O–H groups in total. The smallest absolute Gasteiger partial charge is 0.248 e. The van der Waals surface area contributed by atoms with E-state index in [-0.39, 0.29) is 11.8 Å². The van der Waals surface area contributed by atoms with E-state index in [1.807, 2.05) is 42.5 Å². The first-order chi connectivity index (χ1) is 11.6. The summed E-state index contributed by atoms with van der Waals surface area (Å²) in [4.78, 5) is 23.2. The molecule has 0 fully saturated rings. The van der Waals surface area contributed by atoms with Gasteiger partial charge in [0.25, 0.3) is 0 Å². The molecule has 0 aliphatic heterocycles. The molecule has 5 heteroatoms. The lowest BCUT2D eigenvalue weighted by molar-refractivity contribution is -0.120. The predicted molar refractivity (Wildman–Crippen MR) is 97.9 cm³/mol. The number of hydrogen-bond acceptors (Lipinski definition) is 2. The van der Waals surface area contributed by atoms with E-state index in [1.165, 1.54) is 6.08 Å². The third-order valence-electron chi connectivity index (χ3n) is 3.46. The summed E-state index contributed by atoms with van der Waals surface area (Å²) in [5, 5.41) is 5.98. The quantitative estimate of drug-likeness (QED) is 0.787. The van der Waals surface area contributed by atoms with Crippen LogP contribution in [0.4, 0.5) is 5.69 Å². The largest absolute Gasteiger partial charge is 0.359 e. The van der Waals surface area contributed by atoms with Crippen molar-refractivity contribution in [3.63, 3.8) is 0 Å². The molecular formula is C19H19ClN2O2. The zero-order valence-electron chi connectivity index (χ0n) is 13.4. The van der Waals surface area contributed by atoms with Crippen LogP contribution in [0.15, 0.2) is 54.6 Å². The van der Waals surface area contributed by atoms with Crippen LogP contribution in [0, 0.1) is 0 Å². The number of nitrogens with one attached hydrogen (secondary N) is 2. The average molecular weight is 343 g/mol. The molecule has 2 rings (SSSR count). The van der Waals surface area contributed by atoms with Crippen molar-refractivity contribution in [3.8, 4) is 0 Å². The number of anilines is 1. The third kappa shape index (κ3) is 5.56. The molecular weight excluding hydrogens is 324 g/mol. The second kappa shape index (κ2) is 8.89. The van der Waals surface area contributed by atoms with Crippen molar-refractivity contribution in [3.05, 3.63) is 70.8 Å². The Morgan fingerprint density at radius 3 is 2.46 bits per heavy atom. The monoisotopic (exact) mass is 342 g/mol. The van der Waals surface area contributed by atoms with Crippen LogP contribution in [0.5, 0.6) is 0 Å². The predicted octanol–water partition coefficient (Wildman–Crippen LogP) is 3.67. The van der Waals surface area contributed by atoms with Crippen LogP contribution in [0.3, 0.4) is 0 Å². The first kappa shape index (κ1) is 17.8. The number of amides is 2. The highest BCUT2D eigenvalue weighted by Gasteiger charge is 2.02. The van der Waals surface area contributed by atoms with Crippen LogP contribution in [-0.4, -0.2) is 18.9 Å².